The van der Waals surface area contributed by atoms with Crippen molar-refractivity contribution in [1.29, 1.82) is 0 Å². The summed E-state index contributed by atoms with van der Waals surface area (Å²) < 4.78 is 0. The van der Waals surface area contributed by atoms with E-state index in [1.807, 2.05) is 27.7 Å². The third-order valence-corrected chi connectivity index (χ3v) is 1.52. The molecule has 0 aliphatic carbocycles. The predicted molar refractivity (Wildman–Crippen MR) is 63.9 cm³/mol. The van der Waals surface area contributed by atoms with Gasteiger partial charge in [-0.3, -0.25) is 0 Å². The Balaban J connectivity index is 3.17. The van der Waals surface area contributed by atoms with Crippen LogP contribution in [0.15, 0.2) is 16.1 Å². The van der Waals surface area contributed by atoms with Crippen molar-refractivity contribution in [1.82, 2.24) is 9.97 Å². The van der Waals surface area contributed by atoms with Crippen LogP contribution >= 0.6 is 11.6 Å². The second-order valence-electron chi connectivity index (χ2n) is 3.47. The minimum absolute atomic E-state index is 0.350. The summed E-state index contributed by atoms with van der Waals surface area (Å²) in [6.45, 7) is 7.53. The number of rotatable bonds is 2. The predicted octanol–water partition coefficient (Wildman–Crippen LogP) is 3.35. The maximum absolute atomic E-state index is 5.83. The molecule has 15 heavy (non-hydrogen) atoms. The molecule has 0 spiro atoms. The monoisotopic (exact) mass is 224 g/mol. The number of aliphatic imine (C=N–C) groups is 2. The van der Waals surface area contributed by atoms with Crippen molar-refractivity contribution in [2.45, 2.75) is 27.7 Å². The Morgan fingerprint density at radius 3 is 2.20 bits per heavy atom. The SMILES string of the molecule is CC(C)=Nc1cc(Cl)nc(N=C(C)C)n1. The molecule has 0 saturated carbocycles. The van der Waals surface area contributed by atoms with Crippen molar-refractivity contribution in [2.75, 3.05) is 0 Å². The number of aromatic nitrogens is 2. The van der Waals surface area contributed by atoms with Crippen LogP contribution in [0.5, 0.6) is 0 Å². The fraction of sp³-hybridized carbons (Fsp3) is 0.400. The van der Waals surface area contributed by atoms with Gasteiger partial charge in [0.1, 0.15) is 5.15 Å². The molecule has 0 aromatic carbocycles. The highest BCUT2D eigenvalue weighted by atomic mass is 35.5. The molecule has 1 rings (SSSR count). The molecular weight excluding hydrogens is 212 g/mol. The van der Waals surface area contributed by atoms with Crippen molar-refractivity contribution in [3.8, 4) is 0 Å². The van der Waals surface area contributed by atoms with Crippen molar-refractivity contribution < 1.29 is 0 Å². The summed E-state index contributed by atoms with van der Waals surface area (Å²) >= 11 is 5.83. The van der Waals surface area contributed by atoms with Gasteiger partial charge in [-0.25, -0.2) is 9.98 Å². The van der Waals surface area contributed by atoms with Gasteiger partial charge in [-0.1, -0.05) is 11.6 Å². The van der Waals surface area contributed by atoms with E-state index in [0.29, 0.717) is 16.9 Å². The summed E-state index contributed by atoms with van der Waals surface area (Å²) in [6, 6.07) is 1.61. The lowest BCUT2D eigenvalue weighted by Crippen LogP contribution is -1.88. The van der Waals surface area contributed by atoms with E-state index in [0.717, 1.165) is 11.4 Å². The smallest absolute Gasteiger partial charge is 0.239 e. The zero-order valence-corrected chi connectivity index (χ0v) is 10.0. The van der Waals surface area contributed by atoms with Gasteiger partial charge in [-0.05, 0) is 27.7 Å². The average Bonchev–Trinajstić information content (AvgIpc) is 1.98. The molecule has 80 valence electrons. The van der Waals surface area contributed by atoms with Gasteiger partial charge in [0.25, 0.3) is 5.95 Å². The van der Waals surface area contributed by atoms with Gasteiger partial charge >= 0.3 is 0 Å². The minimum Gasteiger partial charge on any atom is -0.239 e. The lowest BCUT2D eigenvalue weighted by molar-refractivity contribution is 1.12. The summed E-state index contributed by atoms with van der Waals surface area (Å²) in [4.78, 5) is 16.5. The summed E-state index contributed by atoms with van der Waals surface area (Å²) in [7, 11) is 0. The minimum atomic E-state index is 0.350. The summed E-state index contributed by atoms with van der Waals surface area (Å²) in [5, 5.41) is 0.352. The molecule has 0 bridgehead atoms. The molecule has 0 radical (unpaired) electrons. The number of nitrogens with zero attached hydrogens (tertiary/aromatic N) is 4. The Bertz CT molecular complexity index is 379. The van der Waals surface area contributed by atoms with Crippen molar-refractivity contribution >= 4 is 34.8 Å². The van der Waals surface area contributed by atoms with Crippen LogP contribution in [0.25, 0.3) is 0 Å². The lowest BCUT2D eigenvalue weighted by Gasteiger charge is -1.98. The molecule has 1 aromatic heterocycles. The standard InChI is InChI=1S/C10H13ClN4/c1-6(2)12-9-5-8(11)14-10(15-9)13-7(3)4/h5H,1-4H3. The van der Waals surface area contributed by atoms with E-state index in [2.05, 4.69) is 20.0 Å². The quantitative estimate of drug-likeness (QED) is 0.571. The molecule has 0 unspecified atom stereocenters. The van der Waals surface area contributed by atoms with E-state index < -0.39 is 0 Å². The van der Waals surface area contributed by atoms with Gasteiger partial charge < -0.3 is 0 Å². The third-order valence-electron chi connectivity index (χ3n) is 1.33. The highest BCUT2D eigenvalue weighted by Gasteiger charge is 2.01. The first-order valence-electron chi connectivity index (χ1n) is 4.56. The van der Waals surface area contributed by atoms with Gasteiger partial charge in [0.2, 0.25) is 0 Å². The Kier molecular flexibility index (Phi) is 3.91. The molecule has 0 N–H and O–H groups in total. The summed E-state index contributed by atoms with van der Waals surface area (Å²) in [6.07, 6.45) is 0. The highest BCUT2D eigenvalue weighted by molar-refractivity contribution is 6.29. The van der Waals surface area contributed by atoms with Crippen molar-refractivity contribution in [3.63, 3.8) is 0 Å². The van der Waals surface area contributed by atoms with Crippen LogP contribution in [0.3, 0.4) is 0 Å². The topological polar surface area (TPSA) is 50.5 Å². The Labute approximate surface area is 94.2 Å². The fourth-order valence-electron chi connectivity index (χ4n) is 0.930. The Hall–Kier alpha value is -1.29. The zero-order chi connectivity index (χ0) is 11.4. The Morgan fingerprint density at radius 2 is 1.67 bits per heavy atom. The molecule has 0 atom stereocenters. The van der Waals surface area contributed by atoms with E-state index in [-0.39, 0.29) is 0 Å². The van der Waals surface area contributed by atoms with E-state index in [1.54, 1.807) is 6.07 Å². The van der Waals surface area contributed by atoms with Crippen LogP contribution in [0.4, 0.5) is 11.8 Å². The summed E-state index contributed by atoms with van der Waals surface area (Å²) in [5.41, 5.74) is 1.79. The number of hydrogen-bond acceptors (Lipinski definition) is 4. The zero-order valence-electron chi connectivity index (χ0n) is 9.24. The maximum Gasteiger partial charge on any atom is 0.252 e. The van der Waals surface area contributed by atoms with Crippen LogP contribution in [-0.4, -0.2) is 21.4 Å². The van der Waals surface area contributed by atoms with Crippen LogP contribution in [-0.2, 0) is 0 Å². The molecule has 4 nitrogen and oxygen atoms in total. The van der Waals surface area contributed by atoms with E-state index in [4.69, 9.17) is 11.6 Å². The van der Waals surface area contributed by atoms with E-state index >= 15 is 0 Å². The van der Waals surface area contributed by atoms with Crippen LogP contribution in [0.2, 0.25) is 5.15 Å². The first-order valence-corrected chi connectivity index (χ1v) is 4.93. The molecule has 0 amide bonds. The van der Waals surface area contributed by atoms with E-state index in [9.17, 15) is 0 Å². The normalized spacial score (nSPS) is 9.67. The van der Waals surface area contributed by atoms with Crippen LogP contribution in [0.1, 0.15) is 27.7 Å². The van der Waals surface area contributed by atoms with Gasteiger partial charge in [0, 0.05) is 17.5 Å². The molecule has 1 aromatic rings. The molecule has 0 aliphatic rings. The Morgan fingerprint density at radius 1 is 1.07 bits per heavy atom. The lowest BCUT2D eigenvalue weighted by atomic mass is 10.5. The van der Waals surface area contributed by atoms with Crippen molar-refractivity contribution in [3.05, 3.63) is 11.2 Å². The summed E-state index contributed by atoms with van der Waals surface area (Å²) in [5.74, 6) is 0.887. The van der Waals surface area contributed by atoms with E-state index in [1.165, 1.54) is 0 Å². The van der Waals surface area contributed by atoms with Gasteiger partial charge in [0.05, 0.1) is 0 Å². The largest absolute Gasteiger partial charge is 0.252 e. The maximum atomic E-state index is 5.83. The molecule has 0 fully saturated rings. The van der Waals surface area contributed by atoms with Gasteiger partial charge in [-0.15, -0.1) is 0 Å². The average molecular weight is 225 g/mol. The number of hydrogen-bond donors (Lipinski definition) is 0. The first-order chi connectivity index (χ1) is 6.97. The number of halogens is 1. The van der Waals surface area contributed by atoms with Crippen molar-refractivity contribution in [2.24, 2.45) is 9.98 Å². The second kappa shape index (κ2) is 4.98. The fourth-order valence-corrected chi connectivity index (χ4v) is 1.10. The van der Waals surface area contributed by atoms with Crippen LogP contribution in [0, 0.1) is 0 Å². The first kappa shape index (κ1) is 11.8. The third kappa shape index (κ3) is 4.16. The highest BCUT2D eigenvalue weighted by Crippen LogP contribution is 2.18. The molecule has 0 aliphatic heterocycles. The second-order valence-corrected chi connectivity index (χ2v) is 3.85. The molecular formula is C10H13ClN4. The van der Waals surface area contributed by atoms with Gasteiger partial charge in [0.15, 0.2) is 5.82 Å². The van der Waals surface area contributed by atoms with Crippen LogP contribution < -0.4 is 0 Å². The molecule has 5 heteroatoms. The molecule has 1 heterocycles. The van der Waals surface area contributed by atoms with Gasteiger partial charge in [-0.2, -0.15) is 9.97 Å². The molecule has 0 saturated heterocycles.